The largest absolute Gasteiger partial charge is 0.0776 e. The van der Waals surface area contributed by atoms with Crippen molar-refractivity contribution in [3.8, 4) is 0 Å². The van der Waals surface area contributed by atoms with E-state index in [-0.39, 0.29) is 43.3 Å². The average Bonchev–Trinajstić information content (AvgIpc) is 0. The van der Waals surface area contributed by atoms with E-state index in [1.165, 1.54) is 0 Å². The van der Waals surface area contributed by atoms with Crippen molar-refractivity contribution in [3.63, 3.8) is 0 Å². The van der Waals surface area contributed by atoms with Gasteiger partial charge in [0.05, 0.1) is 0 Å². The summed E-state index contributed by atoms with van der Waals surface area (Å²) < 4.78 is 0. The second-order valence-electron chi connectivity index (χ2n) is 0. The molecule has 0 saturated carbocycles. The van der Waals surface area contributed by atoms with Crippen LogP contribution in [0.3, 0.4) is 0 Å². The zero-order chi connectivity index (χ0) is 0. The smallest absolute Gasteiger partial charge is 0 e. The molecule has 0 saturated heterocycles. The van der Waals surface area contributed by atoms with Gasteiger partial charge in [-0.15, -0.1) is 0 Å². The second-order valence-corrected chi connectivity index (χ2v) is 0. The van der Waals surface area contributed by atoms with Gasteiger partial charge in [0.25, 0.3) is 0 Å². The molecule has 0 rings (SSSR count). The average molecular weight is 235 g/mol. The topological polar surface area (TPSA) is 0 Å². The van der Waals surface area contributed by atoms with E-state index < -0.39 is 0 Å². The van der Waals surface area contributed by atoms with Crippen LogP contribution in [0.25, 0.3) is 0 Å². The Hall–Kier alpha value is 0.688. The Morgan fingerprint density at radius 3 is 0.750 bits per heavy atom. The molecular formula is C3H4Pt. The molecule has 1 heteroatoms. The van der Waals surface area contributed by atoms with Gasteiger partial charge in [0.15, 0.2) is 0 Å². The second kappa shape index (κ2) is 56.3. The summed E-state index contributed by atoms with van der Waals surface area (Å²) in [4.78, 5) is 0. The molecule has 0 aromatic rings. The van der Waals surface area contributed by atoms with Crippen LogP contribution in [0.15, 0.2) is 0 Å². The maximum absolute atomic E-state index is 0. The molecule has 8 radical (unpaired) electrons. The molecule has 0 aliphatic carbocycles. The third-order valence-corrected chi connectivity index (χ3v) is 0. The summed E-state index contributed by atoms with van der Waals surface area (Å²) in [7, 11) is 0. The molecule has 0 aromatic carbocycles. The Morgan fingerprint density at radius 2 is 0.750 bits per heavy atom. The minimum Gasteiger partial charge on any atom is -0.0776 e. The van der Waals surface area contributed by atoms with Gasteiger partial charge in [-0.2, -0.15) is 0 Å². The van der Waals surface area contributed by atoms with Crippen LogP contribution in [-0.2, 0) is 21.1 Å². The summed E-state index contributed by atoms with van der Waals surface area (Å²) in [6, 6.07) is 0. The van der Waals surface area contributed by atoms with Crippen LogP contribution >= 0.6 is 0 Å². The maximum atomic E-state index is 0. The zero-order valence-electron chi connectivity index (χ0n) is 1.32. The normalized spacial score (nSPS) is 0. The molecule has 0 fully saturated rings. The molecule has 26 valence electrons. The van der Waals surface area contributed by atoms with Gasteiger partial charge in [0, 0.05) is 35.9 Å². The first kappa shape index (κ1) is 135. The zero-order valence-corrected chi connectivity index (χ0v) is 3.59. The fourth-order valence-corrected chi connectivity index (χ4v) is 0. The molecule has 0 nitrogen and oxygen atoms in total. The minimum absolute atomic E-state index is 0. The summed E-state index contributed by atoms with van der Waals surface area (Å²) >= 11 is 0. The van der Waals surface area contributed by atoms with E-state index in [2.05, 4.69) is 0 Å². The summed E-state index contributed by atoms with van der Waals surface area (Å²) in [5, 5.41) is 0. The van der Waals surface area contributed by atoms with Crippen molar-refractivity contribution in [1.29, 1.82) is 0 Å². The molecule has 0 aliphatic heterocycles. The van der Waals surface area contributed by atoms with E-state index in [4.69, 9.17) is 0 Å². The van der Waals surface area contributed by atoms with Crippen LogP contribution in [0.2, 0.25) is 0 Å². The Kier molecular flexibility index (Phi) is 1890. The van der Waals surface area contributed by atoms with Crippen molar-refractivity contribution in [2.24, 2.45) is 0 Å². The van der Waals surface area contributed by atoms with Crippen LogP contribution in [0.4, 0.5) is 0 Å². The third kappa shape index (κ3) is 16.2. The monoisotopic (exact) mass is 235 g/mol. The fourth-order valence-electron chi connectivity index (χ4n) is 0. The molecule has 0 N–H and O–H groups in total. The van der Waals surface area contributed by atoms with E-state index in [0.29, 0.717) is 0 Å². The SMILES string of the molecule is C.[C].[C].[Pt]. The van der Waals surface area contributed by atoms with Gasteiger partial charge in [-0.25, -0.2) is 0 Å². The quantitative estimate of drug-likeness (QED) is 0.582. The van der Waals surface area contributed by atoms with Crippen LogP contribution in [0, 0.1) is 14.9 Å². The van der Waals surface area contributed by atoms with Crippen LogP contribution in [-0.4, -0.2) is 0 Å². The van der Waals surface area contributed by atoms with Crippen molar-refractivity contribution in [3.05, 3.63) is 14.9 Å². The predicted octanol–water partition coefficient (Wildman–Crippen LogP) is 0.796. The van der Waals surface area contributed by atoms with Gasteiger partial charge in [-0.3, -0.25) is 0 Å². The first-order valence-electron chi connectivity index (χ1n) is 0. The van der Waals surface area contributed by atoms with Crippen molar-refractivity contribution in [2.75, 3.05) is 0 Å². The Balaban J connectivity index is 0. The maximum Gasteiger partial charge on any atom is 0 e. The summed E-state index contributed by atoms with van der Waals surface area (Å²) in [6.07, 6.45) is 0. The van der Waals surface area contributed by atoms with E-state index in [0.717, 1.165) is 0 Å². The Bertz CT molecular complexity index is 3.25. The molecule has 0 atom stereocenters. The van der Waals surface area contributed by atoms with Crippen LogP contribution in [0.5, 0.6) is 0 Å². The standard InChI is InChI=1S/CH4.2C.Pt/h1H4;;;. The molecule has 0 amide bonds. The molecule has 0 heterocycles. The van der Waals surface area contributed by atoms with Crippen molar-refractivity contribution in [2.45, 2.75) is 7.43 Å². The molecule has 0 bridgehead atoms. The third-order valence-electron chi connectivity index (χ3n) is 0. The van der Waals surface area contributed by atoms with Gasteiger partial charge in [-0.05, 0) is 0 Å². The molecule has 0 aliphatic rings. The molecule has 4 heavy (non-hydrogen) atoms. The van der Waals surface area contributed by atoms with E-state index in [9.17, 15) is 0 Å². The van der Waals surface area contributed by atoms with E-state index in [1.54, 1.807) is 0 Å². The number of hydrogen-bond donors (Lipinski definition) is 0. The summed E-state index contributed by atoms with van der Waals surface area (Å²) in [5.41, 5.74) is 0. The van der Waals surface area contributed by atoms with Crippen LogP contribution in [0.1, 0.15) is 7.43 Å². The minimum atomic E-state index is 0. The molecule has 0 unspecified atom stereocenters. The van der Waals surface area contributed by atoms with Crippen molar-refractivity contribution in [1.82, 2.24) is 0 Å². The van der Waals surface area contributed by atoms with Crippen molar-refractivity contribution >= 4 is 0 Å². The summed E-state index contributed by atoms with van der Waals surface area (Å²) in [5.74, 6) is 0. The van der Waals surface area contributed by atoms with Gasteiger partial charge >= 0.3 is 0 Å². The number of hydrogen-bond acceptors (Lipinski definition) is 0. The van der Waals surface area contributed by atoms with Gasteiger partial charge in [-0.1, -0.05) is 7.43 Å². The van der Waals surface area contributed by atoms with E-state index >= 15 is 0 Å². The van der Waals surface area contributed by atoms with Gasteiger partial charge in [0.1, 0.15) is 0 Å². The Morgan fingerprint density at radius 1 is 0.750 bits per heavy atom. The Labute approximate surface area is 43.9 Å². The van der Waals surface area contributed by atoms with Crippen LogP contribution < -0.4 is 0 Å². The van der Waals surface area contributed by atoms with Gasteiger partial charge < -0.3 is 0 Å². The number of rotatable bonds is 0. The molecular weight excluding hydrogens is 231 g/mol. The first-order chi connectivity index (χ1) is 0. The van der Waals surface area contributed by atoms with Gasteiger partial charge in [0.2, 0.25) is 0 Å². The molecule has 0 spiro atoms. The molecule has 0 aromatic heterocycles. The first-order valence-corrected chi connectivity index (χ1v) is 0. The van der Waals surface area contributed by atoms with E-state index in [1.807, 2.05) is 0 Å². The van der Waals surface area contributed by atoms with Crippen molar-refractivity contribution < 1.29 is 21.1 Å². The fraction of sp³-hybridized carbons (Fsp3) is 0.333. The predicted molar refractivity (Wildman–Crippen MR) is 13.2 cm³/mol. The summed E-state index contributed by atoms with van der Waals surface area (Å²) in [6.45, 7) is 0.